The van der Waals surface area contributed by atoms with E-state index in [2.05, 4.69) is 0 Å². The Labute approximate surface area is 90.2 Å². The van der Waals surface area contributed by atoms with E-state index >= 15 is 0 Å². The van der Waals surface area contributed by atoms with Crippen LogP contribution in [0.1, 0.15) is 17.3 Å². The van der Waals surface area contributed by atoms with Crippen LogP contribution in [0.15, 0.2) is 29.5 Å². The van der Waals surface area contributed by atoms with Gasteiger partial charge in [0.2, 0.25) is 5.78 Å². The first-order chi connectivity index (χ1) is 7.47. The summed E-state index contributed by atoms with van der Waals surface area (Å²) in [5.74, 6) is -3.31. The molecule has 1 aromatic carbocycles. The quantitative estimate of drug-likeness (QED) is 0.362. The van der Waals surface area contributed by atoms with Gasteiger partial charge in [0.25, 0.3) is 0 Å². The van der Waals surface area contributed by atoms with Crippen molar-refractivity contribution >= 4 is 5.78 Å². The molecule has 82 valence electrons. The molecule has 0 atom stereocenters. The van der Waals surface area contributed by atoms with Gasteiger partial charge < -0.3 is 5.11 Å². The summed E-state index contributed by atoms with van der Waals surface area (Å²) in [7, 11) is 0. The number of carbonyl (C=O) groups is 1. The maximum absolute atomic E-state index is 13.2. The molecule has 0 saturated heterocycles. The van der Waals surface area contributed by atoms with Gasteiger partial charge in [-0.1, -0.05) is 0 Å². The molecule has 0 heterocycles. The number of ketones is 1. The summed E-state index contributed by atoms with van der Waals surface area (Å²) in [6, 6.07) is 3.75. The van der Waals surface area contributed by atoms with Crippen LogP contribution in [0.2, 0.25) is 0 Å². The summed E-state index contributed by atoms with van der Waals surface area (Å²) in [6.45, 7) is 1.12. The number of allylic oxidation sites excluding steroid dienone is 2. The fourth-order valence-corrected chi connectivity index (χ4v) is 1.10. The molecule has 16 heavy (non-hydrogen) atoms. The van der Waals surface area contributed by atoms with E-state index in [0.29, 0.717) is 6.07 Å². The van der Waals surface area contributed by atoms with Gasteiger partial charge in [-0.3, -0.25) is 4.79 Å². The molecule has 0 unspecified atom stereocenters. The minimum atomic E-state index is -1.04. The topological polar surface area (TPSA) is 61.1 Å². The lowest BCUT2D eigenvalue weighted by Crippen LogP contribution is -2.07. The van der Waals surface area contributed by atoms with Crippen LogP contribution < -0.4 is 0 Å². The van der Waals surface area contributed by atoms with Crippen LogP contribution in [0.3, 0.4) is 0 Å². The van der Waals surface area contributed by atoms with Crippen molar-refractivity contribution in [1.82, 2.24) is 0 Å². The molecule has 1 aromatic rings. The average molecular weight is 223 g/mol. The first-order valence-corrected chi connectivity index (χ1v) is 4.27. The SMILES string of the molecule is C/C(O)=C(\C#N)C(=O)c1cc(F)ccc1F. The van der Waals surface area contributed by atoms with Crippen molar-refractivity contribution in [3.63, 3.8) is 0 Å². The van der Waals surface area contributed by atoms with Crippen LogP contribution in [-0.4, -0.2) is 10.9 Å². The van der Waals surface area contributed by atoms with Gasteiger partial charge in [-0.15, -0.1) is 0 Å². The number of carbonyl (C=O) groups excluding carboxylic acids is 1. The van der Waals surface area contributed by atoms with E-state index in [-0.39, 0.29) is 0 Å². The van der Waals surface area contributed by atoms with Crippen LogP contribution in [-0.2, 0) is 0 Å². The Morgan fingerprint density at radius 1 is 1.44 bits per heavy atom. The third kappa shape index (κ3) is 2.23. The minimum absolute atomic E-state index is 0.531. The fourth-order valence-electron chi connectivity index (χ4n) is 1.10. The second-order valence-electron chi connectivity index (χ2n) is 3.03. The van der Waals surface area contributed by atoms with E-state index in [9.17, 15) is 13.6 Å². The van der Waals surface area contributed by atoms with Crippen molar-refractivity contribution in [3.05, 3.63) is 46.7 Å². The minimum Gasteiger partial charge on any atom is -0.511 e. The van der Waals surface area contributed by atoms with Crippen LogP contribution in [0, 0.1) is 23.0 Å². The lowest BCUT2D eigenvalue weighted by atomic mass is 10.0. The zero-order valence-corrected chi connectivity index (χ0v) is 8.29. The van der Waals surface area contributed by atoms with Crippen molar-refractivity contribution in [1.29, 1.82) is 5.26 Å². The maximum Gasteiger partial charge on any atom is 0.210 e. The van der Waals surface area contributed by atoms with Gasteiger partial charge in [0, 0.05) is 0 Å². The smallest absolute Gasteiger partial charge is 0.210 e. The number of benzene rings is 1. The third-order valence-electron chi connectivity index (χ3n) is 1.87. The van der Waals surface area contributed by atoms with Gasteiger partial charge in [-0.25, -0.2) is 8.78 Å². The summed E-state index contributed by atoms with van der Waals surface area (Å²) in [6.07, 6.45) is 0. The van der Waals surface area contributed by atoms with Crippen LogP contribution in [0.5, 0.6) is 0 Å². The average Bonchev–Trinajstić information content (AvgIpc) is 2.22. The number of halogens is 2. The predicted octanol–water partition coefficient (Wildman–Crippen LogP) is 2.50. The van der Waals surface area contributed by atoms with E-state index in [1.807, 2.05) is 0 Å². The molecule has 0 aliphatic carbocycles. The molecule has 1 rings (SSSR count). The lowest BCUT2D eigenvalue weighted by Gasteiger charge is -2.02. The molecule has 0 amide bonds. The highest BCUT2D eigenvalue weighted by Gasteiger charge is 2.19. The van der Waals surface area contributed by atoms with Crippen molar-refractivity contribution < 1.29 is 18.7 Å². The summed E-state index contributed by atoms with van der Waals surface area (Å²) >= 11 is 0. The number of aliphatic hydroxyl groups is 1. The molecule has 0 aliphatic rings. The summed E-state index contributed by atoms with van der Waals surface area (Å²) in [4.78, 5) is 11.5. The van der Waals surface area contributed by atoms with Crippen molar-refractivity contribution in [2.45, 2.75) is 6.92 Å². The van der Waals surface area contributed by atoms with E-state index < -0.39 is 34.3 Å². The molecular formula is C11H7F2NO2. The van der Waals surface area contributed by atoms with E-state index in [1.54, 1.807) is 0 Å². The van der Waals surface area contributed by atoms with Crippen LogP contribution in [0.4, 0.5) is 8.78 Å². The highest BCUT2D eigenvalue weighted by molar-refractivity contribution is 6.11. The molecule has 0 radical (unpaired) electrons. The van der Waals surface area contributed by atoms with E-state index in [1.165, 1.54) is 6.07 Å². The van der Waals surface area contributed by atoms with Gasteiger partial charge >= 0.3 is 0 Å². The molecule has 0 fully saturated rings. The number of rotatable bonds is 2. The molecular weight excluding hydrogens is 216 g/mol. The van der Waals surface area contributed by atoms with Gasteiger partial charge in [0.1, 0.15) is 29.0 Å². The predicted molar refractivity (Wildman–Crippen MR) is 51.6 cm³/mol. The Hall–Kier alpha value is -2.22. The zero-order valence-electron chi connectivity index (χ0n) is 8.29. The van der Waals surface area contributed by atoms with Gasteiger partial charge in [-0.05, 0) is 25.1 Å². The molecule has 0 saturated carbocycles. The maximum atomic E-state index is 13.2. The molecule has 0 aromatic heterocycles. The largest absolute Gasteiger partial charge is 0.511 e. The molecule has 1 N–H and O–H groups in total. The van der Waals surface area contributed by atoms with Crippen molar-refractivity contribution in [3.8, 4) is 6.07 Å². The highest BCUT2D eigenvalue weighted by Crippen LogP contribution is 2.15. The number of Topliss-reactive ketones (excluding diaryl/α,β-unsaturated/α-hetero) is 1. The Bertz CT molecular complexity index is 511. The van der Waals surface area contributed by atoms with Gasteiger partial charge in [0.05, 0.1) is 5.56 Å². The summed E-state index contributed by atoms with van der Waals surface area (Å²) in [5.41, 5.74) is -1.19. The molecule has 0 bridgehead atoms. The molecule has 5 heteroatoms. The normalized spacial score (nSPS) is 11.6. The summed E-state index contributed by atoms with van der Waals surface area (Å²) in [5, 5.41) is 17.6. The fraction of sp³-hybridized carbons (Fsp3) is 0.0909. The Morgan fingerprint density at radius 3 is 2.56 bits per heavy atom. The number of hydrogen-bond acceptors (Lipinski definition) is 3. The highest BCUT2D eigenvalue weighted by atomic mass is 19.1. The van der Waals surface area contributed by atoms with Crippen LogP contribution in [0.25, 0.3) is 0 Å². The molecule has 3 nitrogen and oxygen atoms in total. The molecule has 0 aliphatic heterocycles. The lowest BCUT2D eigenvalue weighted by molar-refractivity contribution is 0.103. The number of nitrogens with zero attached hydrogens (tertiary/aromatic N) is 1. The van der Waals surface area contributed by atoms with E-state index in [0.717, 1.165) is 19.1 Å². The zero-order chi connectivity index (χ0) is 12.3. The number of aliphatic hydroxyl groups excluding tert-OH is 1. The van der Waals surface area contributed by atoms with E-state index in [4.69, 9.17) is 10.4 Å². The van der Waals surface area contributed by atoms with Crippen molar-refractivity contribution in [2.24, 2.45) is 0 Å². The number of nitriles is 1. The van der Waals surface area contributed by atoms with Crippen LogP contribution >= 0.6 is 0 Å². The first-order valence-electron chi connectivity index (χ1n) is 4.27. The molecule has 0 spiro atoms. The summed E-state index contributed by atoms with van der Waals surface area (Å²) < 4.78 is 26.0. The Balaban J connectivity index is 3.31. The number of hydrogen-bond donors (Lipinski definition) is 1. The Morgan fingerprint density at radius 2 is 2.06 bits per heavy atom. The standard InChI is InChI=1S/C11H7F2NO2/c1-6(15)9(5-14)11(16)8-4-7(12)2-3-10(8)13/h2-4,15H,1H3/b9-6-. The second kappa shape index (κ2) is 4.53. The Kier molecular flexibility index (Phi) is 3.36. The first kappa shape index (κ1) is 11.9. The third-order valence-corrected chi connectivity index (χ3v) is 1.87. The van der Waals surface area contributed by atoms with Gasteiger partial charge in [-0.2, -0.15) is 5.26 Å². The second-order valence-corrected chi connectivity index (χ2v) is 3.03. The van der Waals surface area contributed by atoms with Crippen molar-refractivity contribution in [2.75, 3.05) is 0 Å². The monoisotopic (exact) mass is 223 g/mol. The van der Waals surface area contributed by atoms with Gasteiger partial charge in [0.15, 0.2) is 0 Å².